The van der Waals surface area contributed by atoms with Crippen molar-refractivity contribution in [3.63, 3.8) is 0 Å². The van der Waals surface area contributed by atoms with E-state index in [1.807, 2.05) is 0 Å². The quantitative estimate of drug-likeness (QED) is 0.823. The van der Waals surface area contributed by atoms with Crippen LogP contribution in [0.15, 0.2) is 17.3 Å². The Morgan fingerprint density at radius 2 is 2.00 bits per heavy atom. The van der Waals surface area contributed by atoms with Gasteiger partial charge in [-0.25, -0.2) is 14.8 Å². The van der Waals surface area contributed by atoms with Gasteiger partial charge in [0.25, 0.3) is 0 Å². The standard InChI is InChI=1S/C20H28N4O2S/c1-19(2)8-9-20(3,4)16-15(19)22-17(27-16)24(11-13-5-6-13)14-7-10-23(12-21-14)18(25)26/h7,10,13H,5-6,8-9,11-12H2,1-4H3,(H,25,26). The van der Waals surface area contributed by atoms with Crippen molar-refractivity contribution in [1.29, 1.82) is 0 Å². The Hall–Kier alpha value is -1.89. The summed E-state index contributed by atoms with van der Waals surface area (Å²) in [5.41, 5.74) is 1.47. The molecule has 1 aromatic heterocycles. The summed E-state index contributed by atoms with van der Waals surface area (Å²) in [5, 5.41) is 10.1. The Balaban J connectivity index is 1.69. The molecule has 7 heteroatoms. The average molecular weight is 389 g/mol. The molecule has 1 aromatic rings. The number of fused-ring (bicyclic) bond motifs is 1. The molecule has 1 aliphatic heterocycles. The first-order valence-corrected chi connectivity index (χ1v) is 10.5. The highest BCUT2D eigenvalue weighted by Gasteiger charge is 2.41. The van der Waals surface area contributed by atoms with E-state index in [1.165, 1.54) is 34.7 Å². The van der Waals surface area contributed by atoms with Gasteiger partial charge in [-0.2, -0.15) is 0 Å². The Morgan fingerprint density at radius 3 is 2.56 bits per heavy atom. The molecular weight excluding hydrogens is 360 g/mol. The van der Waals surface area contributed by atoms with Gasteiger partial charge in [-0.1, -0.05) is 27.7 Å². The molecular formula is C20H28N4O2S. The molecule has 1 N–H and O–H groups in total. The maximum absolute atomic E-state index is 11.1. The fraction of sp³-hybridized carbons (Fsp3) is 0.650. The second kappa shape index (κ2) is 6.33. The molecule has 2 heterocycles. The van der Waals surface area contributed by atoms with E-state index in [2.05, 4.69) is 37.6 Å². The minimum atomic E-state index is -0.976. The van der Waals surface area contributed by atoms with Crippen LogP contribution >= 0.6 is 11.3 Å². The lowest BCUT2D eigenvalue weighted by molar-refractivity contribution is 0.163. The predicted octanol–water partition coefficient (Wildman–Crippen LogP) is 4.57. The van der Waals surface area contributed by atoms with Crippen LogP contribution in [-0.2, 0) is 10.8 Å². The summed E-state index contributed by atoms with van der Waals surface area (Å²) < 4.78 is 0. The van der Waals surface area contributed by atoms with Gasteiger partial charge in [-0.05, 0) is 37.7 Å². The largest absolute Gasteiger partial charge is 0.465 e. The molecule has 0 saturated heterocycles. The molecule has 0 atom stereocenters. The molecule has 0 bridgehead atoms. The monoisotopic (exact) mass is 388 g/mol. The number of hydrogen-bond acceptors (Lipinski definition) is 5. The molecule has 4 rings (SSSR count). The van der Waals surface area contributed by atoms with Gasteiger partial charge in [0.05, 0.1) is 5.69 Å². The molecule has 1 saturated carbocycles. The fourth-order valence-corrected chi connectivity index (χ4v) is 5.13. The van der Waals surface area contributed by atoms with Crippen molar-refractivity contribution in [2.45, 2.75) is 64.2 Å². The first kappa shape index (κ1) is 18.5. The normalized spacial score (nSPS) is 23.0. The molecule has 0 unspecified atom stereocenters. The van der Waals surface area contributed by atoms with Crippen LogP contribution in [-0.4, -0.2) is 40.1 Å². The molecule has 6 nitrogen and oxygen atoms in total. The maximum atomic E-state index is 11.1. The Kier molecular flexibility index (Phi) is 4.33. The van der Waals surface area contributed by atoms with Gasteiger partial charge < -0.3 is 10.0 Å². The van der Waals surface area contributed by atoms with Crippen LogP contribution in [0, 0.1) is 5.92 Å². The van der Waals surface area contributed by atoms with Crippen LogP contribution in [0.1, 0.15) is 63.9 Å². The van der Waals surface area contributed by atoms with Crippen LogP contribution < -0.4 is 4.90 Å². The molecule has 3 aliphatic rings. The maximum Gasteiger partial charge on any atom is 0.412 e. The third-order valence-electron chi connectivity index (χ3n) is 5.93. The highest BCUT2D eigenvalue weighted by atomic mass is 32.1. The van der Waals surface area contributed by atoms with Crippen molar-refractivity contribution in [2.75, 3.05) is 18.1 Å². The number of hydrogen-bond donors (Lipinski definition) is 1. The van der Waals surface area contributed by atoms with Crippen LogP contribution in [0.4, 0.5) is 9.93 Å². The van der Waals surface area contributed by atoms with Crippen molar-refractivity contribution in [3.8, 4) is 0 Å². The first-order chi connectivity index (χ1) is 12.7. The third kappa shape index (κ3) is 3.49. The number of aromatic nitrogens is 1. The summed E-state index contributed by atoms with van der Waals surface area (Å²) >= 11 is 1.79. The molecule has 2 aliphatic carbocycles. The van der Waals surface area contributed by atoms with Gasteiger partial charge >= 0.3 is 6.09 Å². The minimum absolute atomic E-state index is 0.0924. The SMILES string of the molecule is CC1(C)CCC(C)(C)c2sc(N(CC3CC3)C3=NCN(C(=O)O)C=C3)nc21. The molecule has 1 amide bonds. The summed E-state index contributed by atoms with van der Waals surface area (Å²) in [6.45, 7) is 10.3. The van der Waals surface area contributed by atoms with Crippen molar-refractivity contribution in [2.24, 2.45) is 10.9 Å². The lowest BCUT2D eigenvalue weighted by Crippen LogP contribution is -2.36. The molecule has 0 spiro atoms. The van der Waals surface area contributed by atoms with E-state index in [9.17, 15) is 4.79 Å². The van der Waals surface area contributed by atoms with Gasteiger partial charge in [-0.3, -0.25) is 4.90 Å². The van der Waals surface area contributed by atoms with Gasteiger partial charge in [-0.15, -0.1) is 11.3 Å². The highest BCUT2D eigenvalue weighted by Crippen LogP contribution is 2.49. The van der Waals surface area contributed by atoms with Gasteiger partial charge in [0.2, 0.25) is 0 Å². The highest BCUT2D eigenvalue weighted by molar-refractivity contribution is 7.16. The zero-order valence-electron chi connectivity index (χ0n) is 16.5. The van der Waals surface area contributed by atoms with E-state index in [0.717, 1.165) is 23.9 Å². The van der Waals surface area contributed by atoms with Gasteiger partial charge in [0, 0.05) is 28.5 Å². The summed E-state index contributed by atoms with van der Waals surface area (Å²) in [7, 11) is 0. The number of anilines is 1. The Bertz CT molecular complexity index is 786. The van der Waals surface area contributed by atoms with Crippen LogP contribution in [0.2, 0.25) is 0 Å². The topological polar surface area (TPSA) is 69.0 Å². The summed E-state index contributed by atoms with van der Waals surface area (Å²) in [5.74, 6) is 1.50. The van der Waals surface area contributed by atoms with Crippen LogP contribution in [0.25, 0.3) is 0 Å². The Labute approximate surface area is 164 Å². The lowest BCUT2D eigenvalue weighted by atomic mass is 9.69. The van der Waals surface area contributed by atoms with E-state index in [0.29, 0.717) is 5.92 Å². The Morgan fingerprint density at radius 1 is 1.30 bits per heavy atom. The van der Waals surface area contributed by atoms with Gasteiger partial charge in [0.1, 0.15) is 12.5 Å². The smallest absolute Gasteiger partial charge is 0.412 e. The molecule has 0 radical (unpaired) electrons. The molecule has 1 fully saturated rings. The zero-order chi connectivity index (χ0) is 19.4. The van der Waals surface area contributed by atoms with E-state index < -0.39 is 6.09 Å². The van der Waals surface area contributed by atoms with Crippen LogP contribution in [0.5, 0.6) is 0 Å². The predicted molar refractivity (Wildman–Crippen MR) is 109 cm³/mol. The minimum Gasteiger partial charge on any atom is -0.465 e. The van der Waals surface area contributed by atoms with Crippen LogP contribution in [0.3, 0.4) is 0 Å². The summed E-state index contributed by atoms with van der Waals surface area (Å²) in [6.07, 6.45) is 7.24. The second-order valence-electron chi connectivity index (χ2n) is 9.22. The number of amides is 1. The van der Waals surface area contributed by atoms with E-state index in [4.69, 9.17) is 10.1 Å². The number of nitrogens with zero attached hydrogens (tertiary/aromatic N) is 4. The lowest BCUT2D eigenvalue weighted by Gasteiger charge is -2.37. The third-order valence-corrected chi connectivity index (χ3v) is 7.37. The number of amidine groups is 1. The molecule has 146 valence electrons. The summed E-state index contributed by atoms with van der Waals surface area (Å²) in [4.78, 5) is 25.6. The van der Waals surface area contributed by atoms with Crippen molar-refractivity contribution < 1.29 is 9.90 Å². The number of carboxylic acid groups (broad SMARTS) is 1. The van der Waals surface area contributed by atoms with E-state index in [-0.39, 0.29) is 17.5 Å². The molecule has 0 aromatic carbocycles. The number of thiazole rings is 1. The average Bonchev–Trinajstić information content (AvgIpc) is 3.31. The van der Waals surface area contributed by atoms with Gasteiger partial charge in [0.15, 0.2) is 5.13 Å². The van der Waals surface area contributed by atoms with Crippen molar-refractivity contribution in [1.82, 2.24) is 9.88 Å². The molecule has 27 heavy (non-hydrogen) atoms. The van der Waals surface area contributed by atoms with E-state index >= 15 is 0 Å². The van der Waals surface area contributed by atoms with Crippen molar-refractivity contribution >= 4 is 28.4 Å². The number of carbonyl (C=O) groups is 1. The van der Waals surface area contributed by atoms with Crippen molar-refractivity contribution in [3.05, 3.63) is 22.8 Å². The number of aliphatic imine (C=N–C) groups is 1. The fourth-order valence-electron chi connectivity index (χ4n) is 3.73. The first-order valence-electron chi connectivity index (χ1n) is 9.69. The summed E-state index contributed by atoms with van der Waals surface area (Å²) in [6, 6.07) is 0. The number of rotatable bonds is 3. The second-order valence-corrected chi connectivity index (χ2v) is 10.2. The van der Waals surface area contributed by atoms with E-state index in [1.54, 1.807) is 23.6 Å². The zero-order valence-corrected chi connectivity index (χ0v) is 17.3.